The summed E-state index contributed by atoms with van der Waals surface area (Å²) < 4.78 is 34.3. The normalized spacial score (nSPS) is 17.3. The van der Waals surface area contributed by atoms with Crippen molar-refractivity contribution in [3.8, 4) is 11.5 Å². The molecule has 8 heteroatoms. The van der Waals surface area contributed by atoms with Crippen LogP contribution in [0.2, 0.25) is 33.2 Å². The highest BCUT2D eigenvalue weighted by atomic mass is 28.4. The van der Waals surface area contributed by atoms with E-state index in [0.717, 1.165) is 46.6 Å². The van der Waals surface area contributed by atoms with E-state index < -0.39 is 34.8 Å². The van der Waals surface area contributed by atoms with E-state index in [1.165, 1.54) is 11.1 Å². The van der Waals surface area contributed by atoms with Gasteiger partial charge in [-0.25, -0.2) is 0 Å². The van der Waals surface area contributed by atoms with Crippen LogP contribution in [0.25, 0.3) is 0 Å². The molecule has 0 N–H and O–H groups in total. The first-order valence-electron chi connectivity index (χ1n) is 22.4. The molecule has 0 spiro atoms. The molecular formula is C52H74O6Si2. The first kappa shape index (κ1) is 47.4. The van der Waals surface area contributed by atoms with E-state index in [-0.39, 0.29) is 18.5 Å². The summed E-state index contributed by atoms with van der Waals surface area (Å²) in [6.07, 6.45) is 0.452. The number of methoxy groups -OCH3 is 2. The van der Waals surface area contributed by atoms with Crippen molar-refractivity contribution in [2.45, 2.75) is 141 Å². The standard InChI is InChI=1S/C52H74O6Si2/c1-34(2)59(35(3)4,36(5)6)57-50(44-27-25-42(47(31-44)54-13)29-40-21-17-15-18-22-40)46-33-56-52(53)49(46)51(58-60(37(7)8,38(9)10)39(11)12)45-28-26-43(48(32-45)55-14)30-41-23-19-16-20-24-41/h15-28,31-32,34-39,46,49-51H,29-30,33H2,1-14H3/t46-,49-,50+,51+/m0/s1. The smallest absolute Gasteiger partial charge is 0.312 e. The van der Waals surface area contributed by atoms with Crippen molar-refractivity contribution in [1.29, 1.82) is 0 Å². The third-order valence-corrected chi connectivity index (χ3v) is 25.8. The van der Waals surface area contributed by atoms with Crippen molar-refractivity contribution in [2.75, 3.05) is 20.8 Å². The molecule has 6 nitrogen and oxygen atoms in total. The largest absolute Gasteiger partial charge is 0.496 e. The van der Waals surface area contributed by atoms with Gasteiger partial charge in [0.1, 0.15) is 11.5 Å². The molecule has 4 aromatic carbocycles. The molecule has 0 aromatic heterocycles. The van der Waals surface area contributed by atoms with Crippen LogP contribution >= 0.6 is 0 Å². The van der Waals surface area contributed by atoms with Crippen molar-refractivity contribution in [3.05, 3.63) is 130 Å². The molecule has 1 aliphatic rings. The predicted octanol–water partition coefficient (Wildman–Crippen LogP) is 13.8. The third kappa shape index (κ3) is 9.83. The molecule has 60 heavy (non-hydrogen) atoms. The summed E-state index contributed by atoms with van der Waals surface area (Å²) in [5.41, 5.74) is 8.43. The maximum Gasteiger partial charge on any atom is 0.312 e. The number of hydrogen-bond acceptors (Lipinski definition) is 6. The zero-order chi connectivity index (χ0) is 43.9. The van der Waals surface area contributed by atoms with Crippen molar-refractivity contribution in [2.24, 2.45) is 11.8 Å². The summed E-state index contributed by atoms with van der Waals surface area (Å²) in [4.78, 5) is 14.8. The van der Waals surface area contributed by atoms with Crippen LogP contribution < -0.4 is 9.47 Å². The Morgan fingerprint density at radius 1 is 0.533 bits per heavy atom. The Kier molecular flexibility index (Phi) is 16.1. The van der Waals surface area contributed by atoms with Crippen LogP contribution in [-0.2, 0) is 31.2 Å². The highest BCUT2D eigenvalue weighted by Crippen LogP contribution is 2.54. The molecule has 1 heterocycles. The SMILES string of the molecule is COc1cc([C@@H](O[Si](C(C)C)(C(C)C)C(C)C)[C@H]2COC(=O)[C@@H]2[C@H](O[Si](C(C)C)(C(C)C)C(C)C)c2ccc(Cc3ccccc3)c(OC)c2)ccc1Cc1ccccc1. The molecule has 4 atom stereocenters. The minimum absolute atomic E-state index is 0.233. The van der Waals surface area contributed by atoms with Gasteiger partial charge in [0, 0.05) is 18.8 Å². The molecule has 0 radical (unpaired) electrons. The van der Waals surface area contributed by atoms with Gasteiger partial charge in [-0.1, -0.05) is 168 Å². The predicted molar refractivity (Wildman–Crippen MR) is 252 cm³/mol. The molecule has 326 valence electrons. The lowest BCUT2D eigenvalue weighted by Crippen LogP contribution is -2.51. The third-order valence-electron chi connectivity index (χ3n) is 13.7. The van der Waals surface area contributed by atoms with Crippen LogP contribution in [-0.4, -0.2) is 43.4 Å². The Labute approximate surface area is 365 Å². The fourth-order valence-electron chi connectivity index (χ4n) is 11.0. The van der Waals surface area contributed by atoms with E-state index in [1.54, 1.807) is 14.2 Å². The summed E-state index contributed by atoms with van der Waals surface area (Å²) in [5.74, 6) is 0.411. The molecule has 4 aromatic rings. The van der Waals surface area contributed by atoms with Crippen LogP contribution in [0.15, 0.2) is 97.1 Å². The molecule has 0 aliphatic carbocycles. The summed E-state index contributed by atoms with van der Waals surface area (Å²) in [6, 6.07) is 34.0. The second-order valence-electron chi connectivity index (χ2n) is 19.0. The van der Waals surface area contributed by atoms with Crippen molar-refractivity contribution < 1.29 is 27.9 Å². The van der Waals surface area contributed by atoms with E-state index in [1.807, 2.05) is 12.1 Å². The van der Waals surface area contributed by atoms with Gasteiger partial charge in [-0.05, 0) is 78.8 Å². The summed E-state index contributed by atoms with van der Waals surface area (Å²) in [6.45, 7) is 28.0. The lowest BCUT2D eigenvalue weighted by molar-refractivity contribution is -0.144. The van der Waals surface area contributed by atoms with Gasteiger partial charge in [-0.3, -0.25) is 4.79 Å². The summed E-state index contributed by atoms with van der Waals surface area (Å²) in [5, 5.41) is 0. The number of benzene rings is 4. The van der Waals surface area contributed by atoms with E-state index in [0.29, 0.717) is 33.2 Å². The Balaban J connectivity index is 1.73. The fraction of sp³-hybridized carbons (Fsp3) is 0.519. The van der Waals surface area contributed by atoms with Gasteiger partial charge in [0.25, 0.3) is 0 Å². The number of carbonyl (C=O) groups excluding carboxylic acids is 1. The van der Waals surface area contributed by atoms with Crippen LogP contribution in [0.5, 0.6) is 11.5 Å². The van der Waals surface area contributed by atoms with Crippen LogP contribution in [0.1, 0.15) is 129 Å². The average molecular weight is 851 g/mol. The van der Waals surface area contributed by atoms with Gasteiger partial charge in [0.2, 0.25) is 16.6 Å². The fourth-order valence-corrected chi connectivity index (χ4v) is 22.1. The van der Waals surface area contributed by atoms with Gasteiger partial charge in [-0.2, -0.15) is 0 Å². The Morgan fingerprint density at radius 2 is 0.900 bits per heavy atom. The van der Waals surface area contributed by atoms with Gasteiger partial charge >= 0.3 is 5.97 Å². The number of esters is 1. The van der Waals surface area contributed by atoms with E-state index in [2.05, 4.69) is 168 Å². The maximum absolute atomic E-state index is 14.8. The number of cyclic esters (lactones) is 1. The molecule has 0 bridgehead atoms. The zero-order valence-electron chi connectivity index (χ0n) is 39.1. The monoisotopic (exact) mass is 851 g/mol. The lowest BCUT2D eigenvalue weighted by atomic mass is 9.80. The quantitative estimate of drug-likeness (QED) is 0.0652. The second-order valence-corrected chi connectivity index (χ2v) is 29.8. The molecule has 0 unspecified atom stereocenters. The first-order valence-corrected chi connectivity index (χ1v) is 26.7. The molecule has 1 saturated heterocycles. The molecule has 0 saturated carbocycles. The van der Waals surface area contributed by atoms with Crippen molar-refractivity contribution >= 4 is 22.6 Å². The van der Waals surface area contributed by atoms with Gasteiger partial charge in [-0.15, -0.1) is 0 Å². The van der Waals surface area contributed by atoms with E-state index in [9.17, 15) is 4.79 Å². The average Bonchev–Trinajstić information content (AvgIpc) is 3.59. The van der Waals surface area contributed by atoms with Crippen LogP contribution in [0.4, 0.5) is 0 Å². The van der Waals surface area contributed by atoms with Crippen molar-refractivity contribution in [3.63, 3.8) is 0 Å². The Hall–Kier alpha value is -3.70. The van der Waals surface area contributed by atoms with Gasteiger partial charge < -0.3 is 23.1 Å². The highest BCUT2D eigenvalue weighted by Gasteiger charge is 2.56. The Morgan fingerprint density at radius 3 is 1.27 bits per heavy atom. The summed E-state index contributed by atoms with van der Waals surface area (Å²) in [7, 11) is -1.62. The number of hydrogen-bond donors (Lipinski definition) is 0. The van der Waals surface area contributed by atoms with Crippen LogP contribution in [0.3, 0.4) is 0 Å². The molecular weight excluding hydrogens is 777 g/mol. The van der Waals surface area contributed by atoms with Gasteiger partial charge in [0.05, 0.1) is 39.0 Å². The Bertz CT molecular complexity index is 1930. The first-order chi connectivity index (χ1) is 28.5. The van der Waals surface area contributed by atoms with Crippen molar-refractivity contribution in [1.82, 2.24) is 0 Å². The maximum atomic E-state index is 14.8. The van der Waals surface area contributed by atoms with E-state index >= 15 is 0 Å². The van der Waals surface area contributed by atoms with Gasteiger partial charge in [0.15, 0.2) is 0 Å². The minimum Gasteiger partial charge on any atom is -0.496 e. The topological polar surface area (TPSA) is 63.2 Å². The molecule has 1 aliphatic heterocycles. The molecule has 1 fully saturated rings. The lowest BCUT2D eigenvalue weighted by Gasteiger charge is -2.48. The van der Waals surface area contributed by atoms with E-state index in [4.69, 9.17) is 23.1 Å². The zero-order valence-corrected chi connectivity index (χ0v) is 41.1. The number of rotatable bonds is 20. The summed E-state index contributed by atoms with van der Waals surface area (Å²) >= 11 is 0. The number of ether oxygens (including phenoxy) is 3. The second kappa shape index (κ2) is 20.4. The molecule has 0 amide bonds. The minimum atomic E-state index is -2.58. The molecule has 5 rings (SSSR count). The van der Waals surface area contributed by atoms with Crippen LogP contribution in [0, 0.1) is 11.8 Å². The number of carbonyl (C=O) groups is 1. The highest BCUT2D eigenvalue weighted by molar-refractivity contribution is 6.78.